The summed E-state index contributed by atoms with van der Waals surface area (Å²) in [5.74, 6) is 1.08. The van der Waals surface area contributed by atoms with Gasteiger partial charge in [-0.15, -0.1) is 0 Å². The first-order valence-corrected chi connectivity index (χ1v) is 5.71. The molecule has 1 fully saturated rings. The average Bonchev–Trinajstić information content (AvgIpc) is 3.01. The molecule has 0 radical (unpaired) electrons. The lowest BCUT2D eigenvalue weighted by atomic mass is 10.1. The van der Waals surface area contributed by atoms with Crippen molar-refractivity contribution in [3.8, 4) is 0 Å². The Morgan fingerprint density at radius 2 is 1.53 bits per heavy atom. The van der Waals surface area contributed by atoms with E-state index in [9.17, 15) is 0 Å². The highest BCUT2D eigenvalue weighted by atomic mass is 14.2. The van der Waals surface area contributed by atoms with Crippen LogP contribution in [0.4, 0.5) is 0 Å². The summed E-state index contributed by atoms with van der Waals surface area (Å²) in [4.78, 5) is 0. The number of hydrogen-bond acceptors (Lipinski definition) is 0. The molecule has 0 saturated heterocycles. The van der Waals surface area contributed by atoms with Crippen LogP contribution in [0.5, 0.6) is 0 Å². The molecule has 0 heterocycles. The van der Waals surface area contributed by atoms with E-state index < -0.39 is 0 Å². The molecule has 0 aliphatic heterocycles. The predicted octanol–water partition coefficient (Wildman–Crippen LogP) is 4.56. The number of rotatable bonds is 0. The summed E-state index contributed by atoms with van der Waals surface area (Å²) in [7, 11) is 0. The molecule has 0 amide bonds. The molecule has 78 valence electrons. The summed E-state index contributed by atoms with van der Waals surface area (Å²) in [5, 5.41) is 2.64. The zero-order valence-electron chi connectivity index (χ0n) is 9.53. The normalized spacial score (nSPS) is 14.5. The van der Waals surface area contributed by atoms with Crippen LogP contribution in [0.15, 0.2) is 42.5 Å². The molecule has 1 aliphatic rings. The minimum Gasteiger partial charge on any atom is -0.0625 e. The first kappa shape index (κ1) is 10.2. The second-order valence-electron chi connectivity index (χ2n) is 4.53. The van der Waals surface area contributed by atoms with Crippen LogP contribution in [0, 0.1) is 12.8 Å². The van der Waals surface area contributed by atoms with Gasteiger partial charge in [0, 0.05) is 0 Å². The van der Waals surface area contributed by atoms with Crippen molar-refractivity contribution in [2.24, 2.45) is 5.92 Å². The topological polar surface area (TPSA) is 0 Å². The van der Waals surface area contributed by atoms with E-state index in [1.807, 2.05) is 0 Å². The van der Waals surface area contributed by atoms with Crippen LogP contribution < -0.4 is 0 Å². The zero-order valence-corrected chi connectivity index (χ0v) is 9.53. The van der Waals surface area contributed by atoms with Crippen molar-refractivity contribution in [2.45, 2.75) is 26.7 Å². The van der Waals surface area contributed by atoms with Crippen molar-refractivity contribution in [2.75, 3.05) is 0 Å². The number of hydrogen-bond donors (Lipinski definition) is 0. The van der Waals surface area contributed by atoms with Crippen LogP contribution in [0.3, 0.4) is 0 Å². The van der Waals surface area contributed by atoms with Gasteiger partial charge in [-0.3, -0.25) is 0 Å². The molecular weight excluding hydrogens is 180 g/mol. The molecule has 1 saturated carbocycles. The molecule has 0 atom stereocenters. The lowest BCUT2D eigenvalue weighted by Crippen LogP contribution is -1.73. The minimum atomic E-state index is 1.08. The van der Waals surface area contributed by atoms with Crippen LogP contribution in [0.2, 0.25) is 0 Å². The molecule has 3 rings (SSSR count). The van der Waals surface area contributed by atoms with E-state index in [-0.39, 0.29) is 0 Å². The molecule has 0 spiro atoms. The average molecular weight is 198 g/mol. The third-order valence-electron chi connectivity index (χ3n) is 2.77. The van der Waals surface area contributed by atoms with Gasteiger partial charge in [-0.1, -0.05) is 67.8 Å². The van der Waals surface area contributed by atoms with Gasteiger partial charge < -0.3 is 0 Å². The molecule has 0 nitrogen and oxygen atoms in total. The first-order valence-electron chi connectivity index (χ1n) is 5.71. The van der Waals surface area contributed by atoms with Crippen molar-refractivity contribution in [1.29, 1.82) is 0 Å². The van der Waals surface area contributed by atoms with Crippen LogP contribution in [-0.2, 0) is 0 Å². The van der Waals surface area contributed by atoms with E-state index in [4.69, 9.17) is 0 Å². The van der Waals surface area contributed by atoms with Crippen molar-refractivity contribution in [3.63, 3.8) is 0 Å². The Balaban J connectivity index is 0.000000179. The fourth-order valence-corrected chi connectivity index (χ4v) is 1.48. The zero-order chi connectivity index (χ0) is 10.7. The molecule has 2 aromatic rings. The molecule has 1 aliphatic carbocycles. The van der Waals surface area contributed by atoms with Gasteiger partial charge in [0.15, 0.2) is 0 Å². The Kier molecular flexibility index (Phi) is 3.05. The van der Waals surface area contributed by atoms with E-state index in [1.165, 1.54) is 29.2 Å². The Morgan fingerprint density at radius 3 is 2.13 bits per heavy atom. The van der Waals surface area contributed by atoms with Crippen molar-refractivity contribution >= 4 is 10.8 Å². The van der Waals surface area contributed by atoms with Gasteiger partial charge >= 0.3 is 0 Å². The van der Waals surface area contributed by atoms with Gasteiger partial charge in [0.05, 0.1) is 0 Å². The third-order valence-corrected chi connectivity index (χ3v) is 2.77. The molecule has 0 aromatic heterocycles. The van der Waals surface area contributed by atoms with Gasteiger partial charge in [0.1, 0.15) is 0 Å². The summed E-state index contributed by atoms with van der Waals surface area (Å²) in [6, 6.07) is 14.9. The summed E-state index contributed by atoms with van der Waals surface area (Å²) >= 11 is 0. The highest BCUT2D eigenvalue weighted by Gasteiger charge is 2.12. The number of aryl methyl sites for hydroxylation is 1. The SMILES string of the molecule is CC1CC1.Cc1ccc2ccccc2c1. The molecular formula is C15H18. The fourth-order valence-electron chi connectivity index (χ4n) is 1.48. The van der Waals surface area contributed by atoms with Gasteiger partial charge in [-0.2, -0.15) is 0 Å². The summed E-state index contributed by atoms with van der Waals surface area (Å²) in [6.07, 6.45) is 2.97. The summed E-state index contributed by atoms with van der Waals surface area (Å²) in [6.45, 7) is 4.40. The molecule has 0 N–H and O–H groups in total. The fraction of sp³-hybridized carbons (Fsp3) is 0.333. The van der Waals surface area contributed by atoms with Gasteiger partial charge in [-0.25, -0.2) is 0 Å². The van der Waals surface area contributed by atoms with Gasteiger partial charge in [0.2, 0.25) is 0 Å². The standard InChI is InChI=1S/C11H10.C4H8/c1-9-6-7-10-4-2-3-5-11(10)8-9;1-4-2-3-4/h2-8H,1H3;4H,2-3H2,1H3. The van der Waals surface area contributed by atoms with E-state index in [0.29, 0.717) is 0 Å². The van der Waals surface area contributed by atoms with Gasteiger partial charge in [-0.05, 0) is 23.6 Å². The summed E-state index contributed by atoms with van der Waals surface area (Å²) in [5.41, 5.74) is 1.32. The Bertz CT molecular complexity index is 438. The highest BCUT2D eigenvalue weighted by Crippen LogP contribution is 2.26. The van der Waals surface area contributed by atoms with E-state index >= 15 is 0 Å². The van der Waals surface area contributed by atoms with Crippen molar-refractivity contribution in [3.05, 3.63) is 48.0 Å². The molecule has 2 aromatic carbocycles. The summed E-state index contributed by atoms with van der Waals surface area (Å²) < 4.78 is 0. The maximum Gasteiger partial charge on any atom is -0.0181 e. The predicted molar refractivity (Wildman–Crippen MR) is 67.1 cm³/mol. The van der Waals surface area contributed by atoms with E-state index in [2.05, 4.69) is 56.3 Å². The lowest BCUT2D eigenvalue weighted by molar-refractivity contribution is 0.983. The highest BCUT2D eigenvalue weighted by molar-refractivity contribution is 5.82. The Hall–Kier alpha value is -1.30. The van der Waals surface area contributed by atoms with Crippen molar-refractivity contribution < 1.29 is 0 Å². The Labute approximate surface area is 91.9 Å². The van der Waals surface area contributed by atoms with E-state index in [0.717, 1.165) is 5.92 Å². The van der Waals surface area contributed by atoms with Crippen LogP contribution in [0.25, 0.3) is 10.8 Å². The number of fused-ring (bicyclic) bond motifs is 1. The van der Waals surface area contributed by atoms with Gasteiger partial charge in [0.25, 0.3) is 0 Å². The first-order chi connectivity index (χ1) is 7.25. The lowest BCUT2D eigenvalue weighted by Gasteiger charge is -1.96. The van der Waals surface area contributed by atoms with Crippen LogP contribution in [0.1, 0.15) is 25.3 Å². The quantitative estimate of drug-likeness (QED) is 0.582. The van der Waals surface area contributed by atoms with Crippen LogP contribution in [-0.4, -0.2) is 0 Å². The molecule has 15 heavy (non-hydrogen) atoms. The third kappa shape index (κ3) is 3.09. The Morgan fingerprint density at radius 1 is 0.933 bits per heavy atom. The second kappa shape index (κ2) is 4.48. The molecule has 0 heteroatoms. The van der Waals surface area contributed by atoms with E-state index in [1.54, 1.807) is 0 Å². The number of benzene rings is 2. The monoisotopic (exact) mass is 198 g/mol. The maximum atomic E-state index is 2.28. The minimum absolute atomic E-state index is 1.08. The second-order valence-corrected chi connectivity index (χ2v) is 4.53. The van der Waals surface area contributed by atoms with Crippen molar-refractivity contribution in [1.82, 2.24) is 0 Å². The largest absolute Gasteiger partial charge is 0.0625 e. The smallest absolute Gasteiger partial charge is 0.0181 e. The van der Waals surface area contributed by atoms with Crippen LogP contribution >= 0.6 is 0 Å². The maximum absolute atomic E-state index is 2.28. The molecule has 0 unspecified atom stereocenters. The molecule has 0 bridgehead atoms.